The molecule has 2 atom stereocenters. The predicted molar refractivity (Wildman–Crippen MR) is 64.5 cm³/mol. The van der Waals surface area contributed by atoms with Gasteiger partial charge in [-0.05, 0) is 31.4 Å². The van der Waals surface area contributed by atoms with Gasteiger partial charge in [-0.3, -0.25) is 10.5 Å². The molecule has 0 saturated carbocycles. The standard InChI is InChI=1S/C12H18N2O3/c13-10(12(15)16)7-4-8-11(14)17-9-5-2-1-3-6-9/h1-3,5-6,10-11H,4,7-8,13-14H2,(H,15,16)/t10-,11?/m0/s1. The second-order valence-corrected chi connectivity index (χ2v) is 3.84. The van der Waals surface area contributed by atoms with Crippen molar-refractivity contribution in [3.05, 3.63) is 30.3 Å². The number of ether oxygens (including phenoxy) is 1. The van der Waals surface area contributed by atoms with Crippen LogP contribution in [-0.4, -0.2) is 23.3 Å². The maximum atomic E-state index is 10.5. The fourth-order valence-electron chi connectivity index (χ4n) is 1.40. The van der Waals surface area contributed by atoms with E-state index < -0.39 is 18.2 Å². The number of nitrogens with two attached hydrogens (primary N) is 2. The molecule has 0 spiro atoms. The number of hydrogen-bond acceptors (Lipinski definition) is 4. The number of rotatable bonds is 7. The Kier molecular flexibility index (Phi) is 5.45. The second-order valence-electron chi connectivity index (χ2n) is 3.84. The van der Waals surface area contributed by atoms with Crippen LogP contribution in [0.15, 0.2) is 30.3 Å². The summed E-state index contributed by atoms with van der Waals surface area (Å²) in [6, 6.07) is 8.44. The molecule has 17 heavy (non-hydrogen) atoms. The van der Waals surface area contributed by atoms with E-state index in [-0.39, 0.29) is 0 Å². The highest BCUT2D eigenvalue weighted by atomic mass is 16.5. The van der Waals surface area contributed by atoms with Gasteiger partial charge in [0.1, 0.15) is 18.0 Å². The minimum Gasteiger partial charge on any atom is -0.480 e. The quantitative estimate of drug-likeness (QED) is 0.614. The van der Waals surface area contributed by atoms with Crippen molar-refractivity contribution in [2.75, 3.05) is 0 Å². The van der Waals surface area contributed by atoms with Gasteiger partial charge in [0.05, 0.1) is 0 Å². The number of carbonyl (C=O) groups is 1. The lowest BCUT2D eigenvalue weighted by Gasteiger charge is -2.14. The van der Waals surface area contributed by atoms with E-state index in [1.807, 2.05) is 30.3 Å². The van der Waals surface area contributed by atoms with Crippen molar-refractivity contribution >= 4 is 5.97 Å². The zero-order valence-electron chi connectivity index (χ0n) is 9.58. The van der Waals surface area contributed by atoms with E-state index in [9.17, 15) is 4.79 Å². The average Bonchev–Trinajstić information content (AvgIpc) is 2.30. The number of benzene rings is 1. The Morgan fingerprint density at radius 1 is 1.24 bits per heavy atom. The summed E-state index contributed by atoms with van der Waals surface area (Å²) < 4.78 is 5.45. The fraction of sp³-hybridized carbons (Fsp3) is 0.417. The summed E-state index contributed by atoms with van der Waals surface area (Å²) >= 11 is 0. The molecule has 94 valence electrons. The van der Waals surface area contributed by atoms with Crippen molar-refractivity contribution < 1.29 is 14.6 Å². The van der Waals surface area contributed by atoms with Crippen LogP contribution in [0.5, 0.6) is 5.75 Å². The van der Waals surface area contributed by atoms with E-state index in [2.05, 4.69) is 0 Å². The predicted octanol–water partition coefficient (Wildman–Crippen LogP) is 0.932. The third-order valence-corrected chi connectivity index (χ3v) is 2.35. The van der Waals surface area contributed by atoms with Crippen molar-refractivity contribution in [1.82, 2.24) is 0 Å². The van der Waals surface area contributed by atoms with Crippen LogP contribution in [-0.2, 0) is 4.79 Å². The van der Waals surface area contributed by atoms with E-state index in [0.29, 0.717) is 25.0 Å². The molecule has 0 fully saturated rings. The van der Waals surface area contributed by atoms with Gasteiger partial charge >= 0.3 is 5.97 Å². The first-order valence-corrected chi connectivity index (χ1v) is 5.55. The lowest BCUT2D eigenvalue weighted by atomic mass is 10.1. The van der Waals surface area contributed by atoms with Gasteiger partial charge in [-0.1, -0.05) is 18.2 Å². The molecule has 1 unspecified atom stereocenters. The molecule has 5 N–H and O–H groups in total. The minimum atomic E-state index is -0.984. The van der Waals surface area contributed by atoms with Gasteiger partial charge in [0.25, 0.3) is 0 Å². The summed E-state index contributed by atoms with van der Waals surface area (Å²) in [6.45, 7) is 0. The summed E-state index contributed by atoms with van der Waals surface area (Å²) in [5, 5.41) is 8.59. The summed E-state index contributed by atoms with van der Waals surface area (Å²) in [6.07, 6.45) is 1.18. The molecule has 1 aromatic carbocycles. The van der Waals surface area contributed by atoms with E-state index in [4.69, 9.17) is 21.3 Å². The van der Waals surface area contributed by atoms with Gasteiger partial charge in [0.2, 0.25) is 0 Å². The van der Waals surface area contributed by atoms with Gasteiger partial charge < -0.3 is 15.6 Å². The Hall–Kier alpha value is -1.59. The highest BCUT2D eigenvalue weighted by Crippen LogP contribution is 2.12. The van der Waals surface area contributed by atoms with Crippen LogP contribution in [0.25, 0.3) is 0 Å². The second kappa shape index (κ2) is 6.88. The van der Waals surface area contributed by atoms with Gasteiger partial charge in [-0.2, -0.15) is 0 Å². The summed E-state index contributed by atoms with van der Waals surface area (Å²) in [5.41, 5.74) is 11.1. The van der Waals surface area contributed by atoms with Crippen molar-refractivity contribution in [2.24, 2.45) is 11.5 Å². The molecule has 0 saturated heterocycles. The number of hydrogen-bond donors (Lipinski definition) is 3. The smallest absolute Gasteiger partial charge is 0.320 e. The molecule has 0 bridgehead atoms. The minimum absolute atomic E-state index is 0.404. The molecule has 0 amide bonds. The number of aliphatic carboxylic acids is 1. The molecule has 0 aliphatic heterocycles. The molecular weight excluding hydrogens is 220 g/mol. The molecule has 1 rings (SSSR count). The molecule has 5 heteroatoms. The van der Waals surface area contributed by atoms with Gasteiger partial charge in [-0.15, -0.1) is 0 Å². The molecule has 0 aliphatic rings. The Morgan fingerprint density at radius 3 is 2.47 bits per heavy atom. The van der Waals surface area contributed by atoms with Crippen molar-refractivity contribution in [3.63, 3.8) is 0 Å². The molecule has 0 heterocycles. The maximum Gasteiger partial charge on any atom is 0.320 e. The van der Waals surface area contributed by atoms with Gasteiger partial charge in [-0.25, -0.2) is 0 Å². The van der Waals surface area contributed by atoms with Crippen molar-refractivity contribution in [1.29, 1.82) is 0 Å². The van der Waals surface area contributed by atoms with E-state index >= 15 is 0 Å². The topological polar surface area (TPSA) is 98.6 Å². The van der Waals surface area contributed by atoms with E-state index in [1.165, 1.54) is 0 Å². The molecular formula is C12H18N2O3. The van der Waals surface area contributed by atoms with Crippen LogP contribution < -0.4 is 16.2 Å². The SMILES string of the molecule is NC(CCC[C@H](N)C(=O)O)Oc1ccccc1. The molecule has 5 nitrogen and oxygen atoms in total. The fourth-order valence-corrected chi connectivity index (χ4v) is 1.40. The van der Waals surface area contributed by atoms with Crippen LogP contribution in [0.1, 0.15) is 19.3 Å². The lowest BCUT2D eigenvalue weighted by molar-refractivity contribution is -0.138. The highest BCUT2D eigenvalue weighted by molar-refractivity contribution is 5.72. The van der Waals surface area contributed by atoms with E-state index in [0.717, 1.165) is 0 Å². The zero-order valence-corrected chi connectivity index (χ0v) is 9.58. The third-order valence-electron chi connectivity index (χ3n) is 2.35. The Labute approximate surface area is 100 Å². The Balaban J connectivity index is 2.22. The van der Waals surface area contributed by atoms with Crippen LogP contribution >= 0.6 is 0 Å². The summed E-state index contributed by atoms with van der Waals surface area (Å²) in [5.74, 6) is -0.273. The first kappa shape index (κ1) is 13.5. The number of carboxylic acids is 1. The van der Waals surface area contributed by atoms with Crippen LogP contribution in [0.2, 0.25) is 0 Å². The molecule has 0 aromatic heterocycles. The van der Waals surface area contributed by atoms with Gasteiger partial charge in [0.15, 0.2) is 0 Å². The van der Waals surface area contributed by atoms with E-state index in [1.54, 1.807) is 0 Å². The molecule has 0 radical (unpaired) electrons. The van der Waals surface area contributed by atoms with Gasteiger partial charge in [0, 0.05) is 0 Å². The highest BCUT2D eigenvalue weighted by Gasteiger charge is 2.12. The van der Waals surface area contributed by atoms with Crippen molar-refractivity contribution in [2.45, 2.75) is 31.5 Å². The zero-order chi connectivity index (χ0) is 12.7. The van der Waals surface area contributed by atoms with Crippen molar-refractivity contribution in [3.8, 4) is 5.75 Å². The Morgan fingerprint density at radius 2 is 1.88 bits per heavy atom. The molecule has 0 aliphatic carbocycles. The first-order chi connectivity index (χ1) is 8.09. The van der Waals surface area contributed by atoms with Crippen LogP contribution in [0, 0.1) is 0 Å². The molecule has 1 aromatic rings. The first-order valence-electron chi connectivity index (χ1n) is 5.55. The largest absolute Gasteiger partial charge is 0.480 e. The number of carboxylic acid groups (broad SMARTS) is 1. The monoisotopic (exact) mass is 238 g/mol. The van der Waals surface area contributed by atoms with Crippen LogP contribution in [0.4, 0.5) is 0 Å². The lowest BCUT2D eigenvalue weighted by Crippen LogP contribution is -2.31. The average molecular weight is 238 g/mol. The third kappa shape index (κ3) is 5.33. The summed E-state index contributed by atoms with van der Waals surface area (Å²) in [7, 11) is 0. The van der Waals surface area contributed by atoms with Crippen LogP contribution in [0.3, 0.4) is 0 Å². The number of para-hydroxylation sites is 1. The summed E-state index contributed by atoms with van der Waals surface area (Å²) in [4.78, 5) is 10.5. The Bertz CT molecular complexity index is 343. The maximum absolute atomic E-state index is 10.5. The normalized spacial score (nSPS) is 14.0.